The van der Waals surface area contributed by atoms with Gasteiger partial charge in [0.25, 0.3) is 5.91 Å². The molecule has 1 aliphatic heterocycles. The van der Waals surface area contributed by atoms with E-state index in [0.29, 0.717) is 18.8 Å². The number of carbonyl (C=O) groups is 1. The molecule has 0 saturated heterocycles. The maximum atomic E-state index is 12.3. The number of fused-ring (bicyclic) bond motifs is 1. The van der Waals surface area contributed by atoms with Crippen molar-refractivity contribution in [3.8, 4) is 11.5 Å². The zero-order chi connectivity index (χ0) is 16.2. The zero-order valence-corrected chi connectivity index (χ0v) is 14.0. The van der Waals surface area contributed by atoms with Gasteiger partial charge in [0.15, 0.2) is 11.5 Å². The van der Waals surface area contributed by atoms with E-state index in [9.17, 15) is 4.79 Å². The molecule has 0 aromatic heterocycles. The van der Waals surface area contributed by atoms with E-state index in [2.05, 4.69) is 5.32 Å². The molecule has 0 aliphatic carbocycles. The fourth-order valence-electron chi connectivity index (χ4n) is 2.43. The average molecular weight is 329 g/mol. The topological polar surface area (TPSA) is 47.6 Å². The molecule has 1 aliphatic rings. The summed E-state index contributed by atoms with van der Waals surface area (Å²) in [5.41, 5.74) is 1.65. The molecule has 0 fully saturated rings. The van der Waals surface area contributed by atoms with Gasteiger partial charge in [-0.25, -0.2) is 0 Å². The van der Waals surface area contributed by atoms with Crippen molar-refractivity contribution in [2.24, 2.45) is 0 Å². The third-order valence-corrected chi connectivity index (χ3v) is 4.51. The van der Waals surface area contributed by atoms with Gasteiger partial charge < -0.3 is 14.8 Å². The van der Waals surface area contributed by atoms with Crippen molar-refractivity contribution >= 4 is 17.7 Å². The van der Waals surface area contributed by atoms with E-state index < -0.39 is 0 Å². The molecule has 0 bridgehead atoms. The van der Waals surface area contributed by atoms with Crippen LogP contribution < -0.4 is 14.8 Å². The Morgan fingerprint density at radius 3 is 2.48 bits per heavy atom. The lowest BCUT2D eigenvalue weighted by atomic mass is 10.1. The van der Waals surface area contributed by atoms with Gasteiger partial charge in [-0.3, -0.25) is 4.79 Å². The van der Waals surface area contributed by atoms with E-state index >= 15 is 0 Å². The fraction of sp³-hybridized carbons (Fsp3) is 0.278. The van der Waals surface area contributed by atoms with Gasteiger partial charge in [-0.2, -0.15) is 0 Å². The Balaban J connectivity index is 1.70. The van der Waals surface area contributed by atoms with E-state index in [4.69, 9.17) is 9.47 Å². The summed E-state index contributed by atoms with van der Waals surface area (Å²) >= 11 is 1.66. The second-order valence-corrected chi connectivity index (χ2v) is 6.21. The summed E-state index contributed by atoms with van der Waals surface area (Å²) in [6.45, 7) is 3.09. The molecule has 1 unspecified atom stereocenters. The Morgan fingerprint density at radius 1 is 1.09 bits per heavy atom. The van der Waals surface area contributed by atoms with Crippen LogP contribution in [-0.2, 0) is 0 Å². The predicted octanol–water partition coefficient (Wildman–Crippen LogP) is 3.67. The van der Waals surface area contributed by atoms with E-state index in [1.807, 2.05) is 55.6 Å². The number of benzene rings is 2. The summed E-state index contributed by atoms with van der Waals surface area (Å²) in [4.78, 5) is 13.5. The van der Waals surface area contributed by atoms with Crippen LogP contribution in [-0.4, -0.2) is 25.4 Å². The van der Waals surface area contributed by atoms with Crippen LogP contribution in [0.25, 0.3) is 0 Å². The summed E-state index contributed by atoms with van der Waals surface area (Å²) in [6, 6.07) is 13.3. The summed E-state index contributed by atoms with van der Waals surface area (Å²) in [5, 5.41) is 3.01. The smallest absolute Gasteiger partial charge is 0.251 e. The van der Waals surface area contributed by atoms with E-state index in [-0.39, 0.29) is 11.9 Å². The Bertz CT molecular complexity index is 700. The van der Waals surface area contributed by atoms with Crippen LogP contribution in [0.1, 0.15) is 28.9 Å². The van der Waals surface area contributed by atoms with Crippen molar-refractivity contribution in [2.75, 3.05) is 19.5 Å². The van der Waals surface area contributed by atoms with Crippen LogP contribution in [0.5, 0.6) is 11.5 Å². The first kappa shape index (κ1) is 15.7. The first-order chi connectivity index (χ1) is 11.2. The Labute approximate surface area is 140 Å². The molecule has 23 heavy (non-hydrogen) atoms. The van der Waals surface area contributed by atoms with Crippen LogP contribution in [0.4, 0.5) is 0 Å². The van der Waals surface area contributed by atoms with Gasteiger partial charge in [0, 0.05) is 10.5 Å². The minimum absolute atomic E-state index is 0.0833. The molecule has 3 rings (SSSR count). The van der Waals surface area contributed by atoms with Crippen LogP contribution >= 0.6 is 11.8 Å². The number of carbonyl (C=O) groups excluding carboxylic acids is 1. The first-order valence-corrected chi connectivity index (χ1v) is 8.74. The molecular weight excluding hydrogens is 310 g/mol. The molecule has 2 aromatic rings. The molecule has 0 saturated carbocycles. The minimum Gasteiger partial charge on any atom is -0.486 e. The highest BCUT2D eigenvalue weighted by Crippen LogP contribution is 2.32. The molecule has 1 amide bonds. The zero-order valence-electron chi connectivity index (χ0n) is 13.2. The van der Waals surface area contributed by atoms with Crippen LogP contribution in [0.3, 0.4) is 0 Å². The van der Waals surface area contributed by atoms with Gasteiger partial charge in [0.2, 0.25) is 0 Å². The van der Waals surface area contributed by atoms with Crippen molar-refractivity contribution < 1.29 is 14.3 Å². The summed E-state index contributed by atoms with van der Waals surface area (Å²) in [7, 11) is 0. The molecule has 5 heteroatoms. The van der Waals surface area contributed by atoms with E-state index in [1.54, 1.807) is 11.8 Å². The molecule has 0 spiro atoms. The molecule has 2 aromatic carbocycles. The van der Waals surface area contributed by atoms with Crippen LogP contribution in [0, 0.1) is 0 Å². The maximum Gasteiger partial charge on any atom is 0.251 e. The van der Waals surface area contributed by atoms with E-state index in [0.717, 1.165) is 22.0 Å². The van der Waals surface area contributed by atoms with Gasteiger partial charge in [-0.1, -0.05) is 6.07 Å². The molecule has 4 nitrogen and oxygen atoms in total. The van der Waals surface area contributed by atoms with Gasteiger partial charge in [0.05, 0.1) is 6.04 Å². The molecule has 1 atom stereocenters. The number of amides is 1. The second kappa shape index (κ2) is 6.96. The Kier molecular flexibility index (Phi) is 4.76. The van der Waals surface area contributed by atoms with Crippen molar-refractivity contribution in [2.45, 2.75) is 17.9 Å². The third-order valence-electron chi connectivity index (χ3n) is 3.77. The second-order valence-electron chi connectivity index (χ2n) is 5.33. The molecular formula is C18H19NO3S. The summed E-state index contributed by atoms with van der Waals surface area (Å²) in [6.07, 6.45) is 2.01. The number of ether oxygens (including phenoxy) is 2. The lowest BCUT2D eigenvalue weighted by Crippen LogP contribution is -2.26. The number of hydrogen-bond acceptors (Lipinski definition) is 4. The molecule has 1 N–H and O–H groups in total. The van der Waals surface area contributed by atoms with Crippen molar-refractivity contribution in [1.82, 2.24) is 5.32 Å². The number of nitrogens with one attached hydrogen (secondary N) is 1. The van der Waals surface area contributed by atoms with Crippen LogP contribution in [0.2, 0.25) is 0 Å². The highest BCUT2D eigenvalue weighted by molar-refractivity contribution is 7.98. The fourth-order valence-corrected chi connectivity index (χ4v) is 2.84. The predicted molar refractivity (Wildman–Crippen MR) is 91.5 cm³/mol. The third kappa shape index (κ3) is 3.62. The van der Waals surface area contributed by atoms with Crippen molar-refractivity contribution in [3.63, 3.8) is 0 Å². The largest absolute Gasteiger partial charge is 0.486 e. The number of thioether (sulfide) groups is 1. The van der Waals surface area contributed by atoms with Gasteiger partial charge >= 0.3 is 0 Å². The highest BCUT2D eigenvalue weighted by Gasteiger charge is 2.16. The van der Waals surface area contributed by atoms with E-state index in [1.165, 1.54) is 0 Å². The number of rotatable bonds is 4. The number of hydrogen-bond donors (Lipinski definition) is 1. The first-order valence-electron chi connectivity index (χ1n) is 7.52. The normalized spacial score (nSPS) is 14.2. The highest BCUT2D eigenvalue weighted by atomic mass is 32.2. The summed E-state index contributed by atoms with van der Waals surface area (Å²) < 4.78 is 11.1. The lowest BCUT2D eigenvalue weighted by Gasteiger charge is -2.21. The Morgan fingerprint density at radius 2 is 1.78 bits per heavy atom. The lowest BCUT2D eigenvalue weighted by molar-refractivity contribution is 0.0939. The monoisotopic (exact) mass is 329 g/mol. The van der Waals surface area contributed by atoms with Gasteiger partial charge in [0.1, 0.15) is 13.2 Å². The average Bonchev–Trinajstić information content (AvgIpc) is 2.61. The Hall–Kier alpha value is -2.14. The summed E-state index contributed by atoms with van der Waals surface area (Å²) in [5.74, 6) is 1.41. The quantitative estimate of drug-likeness (QED) is 0.870. The molecule has 120 valence electrons. The van der Waals surface area contributed by atoms with Gasteiger partial charge in [-0.15, -0.1) is 11.8 Å². The van der Waals surface area contributed by atoms with Crippen molar-refractivity contribution in [3.05, 3.63) is 53.6 Å². The van der Waals surface area contributed by atoms with Gasteiger partial charge in [-0.05, 0) is 55.1 Å². The standard InChI is InChI=1S/C18H19NO3S/c1-12(14-5-8-16-17(11-14)22-10-9-21-16)19-18(20)13-3-6-15(23-2)7-4-13/h3-8,11-12H,9-10H2,1-2H3,(H,19,20). The molecule has 1 heterocycles. The maximum absolute atomic E-state index is 12.3. The van der Waals surface area contributed by atoms with Crippen LogP contribution in [0.15, 0.2) is 47.4 Å². The van der Waals surface area contributed by atoms with Crippen molar-refractivity contribution in [1.29, 1.82) is 0 Å². The molecule has 0 radical (unpaired) electrons. The SMILES string of the molecule is CSc1ccc(C(=O)NC(C)c2ccc3c(c2)OCCO3)cc1. The minimum atomic E-state index is -0.112.